The van der Waals surface area contributed by atoms with Gasteiger partial charge in [-0.3, -0.25) is 9.69 Å². The van der Waals surface area contributed by atoms with Crippen LogP contribution in [-0.4, -0.2) is 72.6 Å². The number of anilines is 2. The second-order valence-corrected chi connectivity index (χ2v) is 9.32. The lowest BCUT2D eigenvalue weighted by molar-refractivity contribution is -0.192. The van der Waals surface area contributed by atoms with Gasteiger partial charge in [-0.2, -0.15) is 13.2 Å². The second kappa shape index (κ2) is 11.1. The molecule has 1 unspecified atom stereocenters. The molecular weight excluding hydrogens is 515 g/mol. The van der Waals surface area contributed by atoms with Crippen LogP contribution >= 0.6 is 22.9 Å². The van der Waals surface area contributed by atoms with Crippen LogP contribution in [0, 0.1) is 0 Å². The van der Waals surface area contributed by atoms with Crippen LogP contribution in [0.5, 0.6) is 0 Å². The maximum absolute atomic E-state index is 12.2. The molecule has 2 fully saturated rings. The molecule has 4 rings (SSSR count). The highest BCUT2D eigenvalue weighted by molar-refractivity contribution is 7.18. The Hall–Kier alpha value is -3.10. The van der Waals surface area contributed by atoms with Crippen LogP contribution in [0.3, 0.4) is 0 Å². The largest absolute Gasteiger partial charge is 0.490 e. The maximum atomic E-state index is 12.2. The lowest BCUT2D eigenvalue weighted by Gasteiger charge is -2.18. The van der Waals surface area contributed by atoms with E-state index in [0.717, 1.165) is 25.3 Å². The van der Waals surface area contributed by atoms with Gasteiger partial charge in [-0.15, -0.1) is 11.3 Å². The van der Waals surface area contributed by atoms with Crippen molar-refractivity contribution in [3.63, 3.8) is 0 Å². The van der Waals surface area contributed by atoms with Crippen molar-refractivity contribution in [2.45, 2.75) is 24.7 Å². The van der Waals surface area contributed by atoms with Crippen molar-refractivity contribution in [1.82, 2.24) is 10.3 Å². The molecule has 190 valence electrons. The molecule has 2 aromatic heterocycles. The number of nitrogens with zero attached hydrogens (tertiary/aromatic N) is 3. The van der Waals surface area contributed by atoms with Crippen LogP contribution in [0.4, 0.5) is 29.5 Å². The number of aliphatic carboxylic acids is 1. The lowest BCUT2D eigenvalue weighted by atomic mass is 10.3. The molecule has 0 saturated carbocycles. The van der Waals surface area contributed by atoms with Crippen molar-refractivity contribution in [2.24, 2.45) is 5.73 Å². The Balaban J connectivity index is 0.000000429. The summed E-state index contributed by atoms with van der Waals surface area (Å²) in [6.45, 7) is 2.25. The van der Waals surface area contributed by atoms with E-state index in [-0.39, 0.29) is 18.5 Å². The quantitative estimate of drug-likeness (QED) is 0.531. The zero-order valence-electron chi connectivity index (χ0n) is 18.0. The molecule has 2 amide bonds. The summed E-state index contributed by atoms with van der Waals surface area (Å²) in [7, 11) is 0. The Labute approximate surface area is 206 Å². The Morgan fingerprint density at radius 3 is 2.51 bits per heavy atom. The van der Waals surface area contributed by atoms with Gasteiger partial charge in [0.15, 0.2) is 0 Å². The van der Waals surface area contributed by atoms with Gasteiger partial charge in [-0.1, -0.05) is 11.6 Å². The number of hydrogen-bond acceptors (Lipinski definition) is 8. The second-order valence-electron chi connectivity index (χ2n) is 7.60. The normalized spacial score (nSPS) is 19.7. The van der Waals surface area contributed by atoms with Gasteiger partial charge in [0, 0.05) is 19.1 Å². The monoisotopic (exact) mass is 535 g/mol. The molecule has 2 aromatic rings. The van der Waals surface area contributed by atoms with E-state index in [1.165, 1.54) is 16.2 Å². The number of carbonyl (C=O) groups is 3. The molecule has 4 heterocycles. The molecule has 2 aliphatic rings. The van der Waals surface area contributed by atoms with Gasteiger partial charge in [-0.05, 0) is 30.7 Å². The van der Waals surface area contributed by atoms with Gasteiger partial charge in [0.1, 0.15) is 11.9 Å². The van der Waals surface area contributed by atoms with E-state index in [1.54, 1.807) is 18.3 Å². The van der Waals surface area contributed by atoms with Crippen molar-refractivity contribution >= 4 is 52.4 Å². The summed E-state index contributed by atoms with van der Waals surface area (Å²) >= 11 is 7.05. The number of carbonyl (C=O) groups excluding carboxylic acids is 2. The van der Waals surface area contributed by atoms with E-state index >= 15 is 0 Å². The summed E-state index contributed by atoms with van der Waals surface area (Å²) in [4.78, 5) is 41.8. The molecule has 0 radical (unpaired) electrons. The van der Waals surface area contributed by atoms with Crippen LogP contribution in [0.2, 0.25) is 4.34 Å². The smallest absolute Gasteiger partial charge is 0.475 e. The summed E-state index contributed by atoms with van der Waals surface area (Å²) in [6, 6.07) is 7.25. The Bertz CT molecular complexity index is 1070. The van der Waals surface area contributed by atoms with E-state index in [2.05, 4.69) is 15.2 Å². The molecule has 35 heavy (non-hydrogen) atoms. The summed E-state index contributed by atoms with van der Waals surface area (Å²) in [5.74, 6) is -2.14. The molecule has 0 aromatic carbocycles. The molecule has 2 atom stereocenters. The number of pyridine rings is 1. The van der Waals surface area contributed by atoms with E-state index in [4.69, 9.17) is 32.0 Å². The average molecular weight is 536 g/mol. The molecule has 15 heteroatoms. The topological polar surface area (TPSA) is 138 Å². The molecule has 2 saturated heterocycles. The van der Waals surface area contributed by atoms with E-state index < -0.39 is 24.3 Å². The molecule has 0 bridgehead atoms. The van der Waals surface area contributed by atoms with Crippen molar-refractivity contribution in [1.29, 1.82) is 0 Å². The zero-order valence-corrected chi connectivity index (χ0v) is 19.6. The van der Waals surface area contributed by atoms with Gasteiger partial charge in [0.05, 0.1) is 34.2 Å². The summed E-state index contributed by atoms with van der Waals surface area (Å²) in [5.41, 5.74) is 6.60. The van der Waals surface area contributed by atoms with Gasteiger partial charge in [-0.25, -0.2) is 14.6 Å². The number of carboxylic acids is 1. The third-order valence-corrected chi connectivity index (χ3v) is 6.23. The molecule has 0 spiro atoms. The Morgan fingerprint density at radius 2 is 2.00 bits per heavy atom. The van der Waals surface area contributed by atoms with E-state index in [1.807, 2.05) is 12.1 Å². The van der Waals surface area contributed by atoms with Gasteiger partial charge in [0.25, 0.3) is 5.91 Å². The number of halogens is 4. The fourth-order valence-electron chi connectivity index (χ4n) is 3.29. The number of ether oxygens (including phenoxy) is 1. The summed E-state index contributed by atoms with van der Waals surface area (Å²) in [5, 5.41) is 9.90. The van der Waals surface area contributed by atoms with Crippen molar-refractivity contribution in [3.05, 3.63) is 39.7 Å². The fourth-order valence-corrected chi connectivity index (χ4v) is 4.25. The minimum absolute atomic E-state index is 0.177. The summed E-state index contributed by atoms with van der Waals surface area (Å²) < 4.78 is 37.6. The number of carboxylic acid groups (broad SMARTS) is 1. The standard InChI is InChI=1S/C18H20ClN5O3S.C2HF3O2/c19-15-3-2-14(28-15)17(25)22-8-13-10-24(18(26)27-13)12-1-4-16(21-7-12)23-6-5-11(20)9-23;3-2(4,5)1(6)7/h1-4,7,11,13H,5-6,8-10,20H2,(H,22,25);(H,6,7)/t11?,13-;/m0./s1. The van der Waals surface area contributed by atoms with E-state index in [9.17, 15) is 22.8 Å². The van der Waals surface area contributed by atoms with Gasteiger partial charge in [0.2, 0.25) is 0 Å². The van der Waals surface area contributed by atoms with Crippen molar-refractivity contribution in [3.8, 4) is 0 Å². The van der Waals surface area contributed by atoms with Crippen LogP contribution < -0.4 is 20.9 Å². The highest BCUT2D eigenvalue weighted by Crippen LogP contribution is 2.25. The van der Waals surface area contributed by atoms with Crippen LogP contribution in [0.25, 0.3) is 0 Å². The number of rotatable bonds is 5. The van der Waals surface area contributed by atoms with Gasteiger partial charge < -0.3 is 25.8 Å². The Kier molecular flexibility index (Phi) is 8.40. The number of aromatic nitrogens is 1. The first kappa shape index (κ1) is 26.5. The van der Waals surface area contributed by atoms with Crippen LogP contribution in [-0.2, 0) is 9.53 Å². The third-order valence-electron chi connectivity index (χ3n) is 5.00. The van der Waals surface area contributed by atoms with E-state index in [0.29, 0.717) is 21.4 Å². The highest BCUT2D eigenvalue weighted by Gasteiger charge is 2.38. The minimum Gasteiger partial charge on any atom is -0.475 e. The maximum Gasteiger partial charge on any atom is 0.490 e. The SMILES string of the molecule is NC1CCN(c2ccc(N3C[C@H](CNC(=O)c4ccc(Cl)s4)OC3=O)cn2)C1.O=C(O)C(F)(F)F. The van der Waals surface area contributed by atoms with Crippen molar-refractivity contribution in [2.75, 3.05) is 36.0 Å². The van der Waals surface area contributed by atoms with Gasteiger partial charge >= 0.3 is 18.2 Å². The first-order valence-corrected chi connectivity index (χ1v) is 11.4. The molecule has 2 aliphatic heterocycles. The predicted octanol–water partition coefficient (Wildman–Crippen LogP) is 2.72. The number of nitrogens with one attached hydrogen (secondary N) is 1. The Morgan fingerprint density at radius 1 is 1.29 bits per heavy atom. The molecule has 4 N–H and O–H groups in total. The lowest BCUT2D eigenvalue weighted by Crippen LogP contribution is -2.34. The first-order valence-electron chi connectivity index (χ1n) is 10.2. The zero-order chi connectivity index (χ0) is 25.8. The average Bonchev–Trinajstić information content (AvgIpc) is 3.52. The number of alkyl halides is 3. The highest BCUT2D eigenvalue weighted by atomic mass is 35.5. The number of cyclic esters (lactones) is 1. The summed E-state index contributed by atoms with van der Waals surface area (Å²) in [6.07, 6.45) is -3.35. The number of thiophene rings is 1. The number of nitrogens with two attached hydrogens (primary N) is 1. The molecular formula is C20H21ClF3N5O5S. The fraction of sp³-hybridized carbons (Fsp3) is 0.400. The van der Waals surface area contributed by atoms with Crippen LogP contribution in [0.1, 0.15) is 16.1 Å². The predicted molar refractivity (Wildman–Crippen MR) is 122 cm³/mol. The number of amides is 2. The van der Waals surface area contributed by atoms with Crippen LogP contribution in [0.15, 0.2) is 30.5 Å². The van der Waals surface area contributed by atoms with Crippen molar-refractivity contribution < 1.29 is 37.4 Å². The minimum atomic E-state index is -5.08. The first-order chi connectivity index (χ1) is 16.4. The molecule has 10 nitrogen and oxygen atoms in total. The third kappa shape index (κ3) is 7.19. The molecule has 0 aliphatic carbocycles. The number of hydrogen-bond donors (Lipinski definition) is 3.